The molecule has 0 aromatic carbocycles. The molecule has 2 heterocycles. The number of rotatable bonds is 3. The second kappa shape index (κ2) is 5.52. The number of piperidine rings is 1. The summed E-state index contributed by atoms with van der Waals surface area (Å²) in [6.07, 6.45) is 4.29. The molecular formula is C13H23N5. The molecular weight excluding hydrogens is 226 g/mol. The van der Waals surface area contributed by atoms with Crippen molar-refractivity contribution in [3.05, 3.63) is 11.8 Å². The quantitative estimate of drug-likeness (QED) is 0.876. The van der Waals surface area contributed by atoms with Crippen LogP contribution in [0.15, 0.2) is 6.20 Å². The van der Waals surface area contributed by atoms with Crippen LogP contribution >= 0.6 is 0 Å². The summed E-state index contributed by atoms with van der Waals surface area (Å²) in [6.45, 7) is 4.40. The van der Waals surface area contributed by atoms with E-state index in [0.717, 1.165) is 24.5 Å². The molecule has 0 radical (unpaired) electrons. The van der Waals surface area contributed by atoms with Crippen LogP contribution in [0.4, 0.5) is 11.8 Å². The molecule has 0 spiro atoms. The largest absolute Gasteiger partial charge is 0.357 e. The molecule has 1 aliphatic heterocycles. The Labute approximate surface area is 109 Å². The zero-order chi connectivity index (χ0) is 13.1. The van der Waals surface area contributed by atoms with Gasteiger partial charge in [-0.3, -0.25) is 0 Å². The first-order chi connectivity index (χ1) is 8.61. The number of hydrogen-bond donors (Lipinski definition) is 1. The normalized spacial score (nSPS) is 17.8. The van der Waals surface area contributed by atoms with Gasteiger partial charge in [0.05, 0.1) is 0 Å². The Morgan fingerprint density at radius 1 is 1.39 bits per heavy atom. The first kappa shape index (κ1) is 13.1. The van der Waals surface area contributed by atoms with Crippen molar-refractivity contribution in [3.8, 4) is 0 Å². The lowest BCUT2D eigenvalue weighted by Gasteiger charge is -2.36. The van der Waals surface area contributed by atoms with Crippen molar-refractivity contribution in [2.24, 2.45) is 0 Å². The molecule has 1 aromatic heterocycles. The van der Waals surface area contributed by atoms with E-state index in [0.29, 0.717) is 12.0 Å². The van der Waals surface area contributed by atoms with Crippen LogP contribution in [0, 0.1) is 6.92 Å². The fraction of sp³-hybridized carbons (Fsp3) is 0.692. The van der Waals surface area contributed by atoms with Crippen molar-refractivity contribution in [1.29, 1.82) is 0 Å². The standard InChI is InChI=1S/C13H23N5/c1-10-9-15-13(14-2)16-12(10)18(4)11-5-7-17(3)8-6-11/h9,11H,5-8H2,1-4H3,(H,14,15,16). The van der Waals surface area contributed by atoms with E-state index in [2.05, 4.69) is 46.1 Å². The smallest absolute Gasteiger partial charge is 0.224 e. The molecule has 1 aromatic rings. The number of anilines is 2. The molecule has 0 saturated carbocycles. The predicted octanol–water partition coefficient (Wildman–Crippen LogP) is 1.36. The Bertz CT molecular complexity index is 398. The molecule has 1 fully saturated rings. The molecule has 0 unspecified atom stereocenters. The van der Waals surface area contributed by atoms with Gasteiger partial charge in [0.25, 0.3) is 0 Å². The van der Waals surface area contributed by atoms with Gasteiger partial charge in [0.1, 0.15) is 5.82 Å². The predicted molar refractivity (Wildman–Crippen MR) is 75.2 cm³/mol. The van der Waals surface area contributed by atoms with Gasteiger partial charge in [-0.1, -0.05) is 0 Å². The third kappa shape index (κ3) is 2.72. The van der Waals surface area contributed by atoms with E-state index in [9.17, 15) is 0 Å². The van der Waals surface area contributed by atoms with Gasteiger partial charge in [0.15, 0.2) is 0 Å². The Kier molecular flexibility index (Phi) is 4.01. The summed E-state index contributed by atoms with van der Waals surface area (Å²) in [5.74, 6) is 1.74. The Hall–Kier alpha value is -1.36. The second-order valence-electron chi connectivity index (χ2n) is 5.10. The molecule has 100 valence electrons. The maximum Gasteiger partial charge on any atom is 0.224 e. The molecule has 5 heteroatoms. The van der Waals surface area contributed by atoms with E-state index in [4.69, 9.17) is 0 Å². The molecule has 0 bridgehead atoms. The summed E-state index contributed by atoms with van der Waals surface area (Å²) in [5, 5.41) is 3.00. The highest BCUT2D eigenvalue weighted by Gasteiger charge is 2.22. The van der Waals surface area contributed by atoms with Crippen molar-refractivity contribution >= 4 is 11.8 Å². The van der Waals surface area contributed by atoms with Crippen LogP contribution in [0.25, 0.3) is 0 Å². The van der Waals surface area contributed by atoms with Gasteiger partial charge in [0, 0.05) is 31.9 Å². The minimum Gasteiger partial charge on any atom is -0.357 e. The summed E-state index contributed by atoms with van der Waals surface area (Å²) in [4.78, 5) is 13.5. The van der Waals surface area contributed by atoms with Gasteiger partial charge >= 0.3 is 0 Å². The van der Waals surface area contributed by atoms with Crippen molar-refractivity contribution < 1.29 is 0 Å². The van der Waals surface area contributed by atoms with Crippen LogP contribution in [0.5, 0.6) is 0 Å². The lowest BCUT2D eigenvalue weighted by Crippen LogP contribution is -2.42. The van der Waals surface area contributed by atoms with Crippen molar-refractivity contribution in [3.63, 3.8) is 0 Å². The van der Waals surface area contributed by atoms with Crippen molar-refractivity contribution in [1.82, 2.24) is 14.9 Å². The minimum atomic E-state index is 0.583. The summed E-state index contributed by atoms with van der Waals surface area (Å²) in [5.41, 5.74) is 1.13. The molecule has 1 aliphatic rings. The molecule has 18 heavy (non-hydrogen) atoms. The fourth-order valence-electron chi connectivity index (χ4n) is 2.47. The number of aryl methyl sites for hydroxylation is 1. The van der Waals surface area contributed by atoms with E-state index < -0.39 is 0 Å². The molecule has 0 atom stereocenters. The average Bonchev–Trinajstić information content (AvgIpc) is 2.39. The zero-order valence-electron chi connectivity index (χ0n) is 11.8. The lowest BCUT2D eigenvalue weighted by atomic mass is 10.0. The van der Waals surface area contributed by atoms with Gasteiger partial charge in [-0.05, 0) is 39.9 Å². The third-order valence-electron chi connectivity index (χ3n) is 3.74. The molecule has 1 N–H and O–H groups in total. The number of aromatic nitrogens is 2. The maximum absolute atomic E-state index is 4.58. The number of likely N-dealkylation sites (tertiary alicyclic amines) is 1. The van der Waals surface area contributed by atoms with Gasteiger partial charge < -0.3 is 15.1 Å². The zero-order valence-corrected chi connectivity index (χ0v) is 11.8. The van der Waals surface area contributed by atoms with E-state index in [1.54, 1.807) is 0 Å². The van der Waals surface area contributed by atoms with Gasteiger partial charge in [-0.2, -0.15) is 4.98 Å². The molecule has 0 aliphatic carbocycles. The van der Waals surface area contributed by atoms with Crippen molar-refractivity contribution in [2.75, 3.05) is 44.4 Å². The van der Waals surface area contributed by atoms with Crippen LogP contribution in [0.2, 0.25) is 0 Å². The molecule has 1 saturated heterocycles. The highest BCUT2D eigenvalue weighted by molar-refractivity contribution is 5.49. The Morgan fingerprint density at radius 3 is 2.67 bits per heavy atom. The summed E-state index contributed by atoms with van der Waals surface area (Å²) >= 11 is 0. The summed E-state index contributed by atoms with van der Waals surface area (Å²) in [6, 6.07) is 0.583. The average molecular weight is 249 g/mol. The Morgan fingerprint density at radius 2 is 2.06 bits per heavy atom. The summed E-state index contributed by atoms with van der Waals surface area (Å²) in [7, 11) is 6.18. The molecule has 0 amide bonds. The van der Waals surface area contributed by atoms with E-state index in [-0.39, 0.29) is 0 Å². The lowest BCUT2D eigenvalue weighted by molar-refractivity contribution is 0.252. The van der Waals surface area contributed by atoms with Crippen LogP contribution in [-0.2, 0) is 0 Å². The summed E-state index contributed by atoms with van der Waals surface area (Å²) < 4.78 is 0. The van der Waals surface area contributed by atoms with E-state index >= 15 is 0 Å². The number of nitrogens with one attached hydrogen (secondary N) is 1. The van der Waals surface area contributed by atoms with Crippen LogP contribution in [-0.4, -0.2) is 55.1 Å². The first-order valence-corrected chi connectivity index (χ1v) is 6.54. The molecule has 2 rings (SSSR count). The van der Waals surface area contributed by atoms with Crippen molar-refractivity contribution in [2.45, 2.75) is 25.8 Å². The Balaban J connectivity index is 2.14. The van der Waals surface area contributed by atoms with E-state index in [1.165, 1.54) is 12.8 Å². The van der Waals surface area contributed by atoms with Gasteiger partial charge in [0.2, 0.25) is 5.95 Å². The van der Waals surface area contributed by atoms with Gasteiger partial charge in [-0.25, -0.2) is 4.98 Å². The number of hydrogen-bond acceptors (Lipinski definition) is 5. The maximum atomic E-state index is 4.58. The van der Waals surface area contributed by atoms with Gasteiger partial charge in [-0.15, -0.1) is 0 Å². The third-order valence-corrected chi connectivity index (χ3v) is 3.74. The number of nitrogens with zero attached hydrogens (tertiary/aromatic N) is 4. The second-order valence-corrected chi connectivity index (χ2v) is 5.10. The molecule has 5 nitrogen and oxygen atoms in total. The minimum absolute atomic E-state index is 0.583. The first-order valence-electron chi connectivity index (χ1n) is 6.54. The van der Waals surface area contributed by atoms with E-state index in [1.807, 2.05) is 13.2 Å². The monoisotopic (exact) mass is 249 g/mol. The van der Waals surface area contributed by atoms with Crippen LogP contribution in [0.3, 0.4) is 0 Å². The van der Waals surface area contributed by atoms with Crippen LogP contribution in [0.1, 0.15) is 18.4 Å². The topological polar surface area (TPSA) is 44.3 Å². The fourth-order valence-corrected chi connectivity index (χ4v) is 2.47. The highest BCUT2D eigenvalue weighted by atomic mass is 15.2. The van der Waals surface area contributed by atoms with Crippen LogP contribution < -0.4 is 10.2 Å². The highest BCUT2D eigenvalue weighted by Crippen LogP contribution is 2.23. The SMILES string of the molecule is CNc1ncc(C)c(N(C)C2CCN(C)CC2)n1.